The molecule has 94 valence electrons. The zero-order valence-corrected chi connectivity index (χ0v) is 9.95. The van der Waals surface area contributed by atoms with E-state index in [-0.39, 0.29) is 17.7 Å². The lowest BCUT2D eigenvalue weighted by atomic mass is 9.94. The Hall–Kier alpha value is -1.10. The van der Waals surface area contributed by atoms with Crippen molar-refractivity contribution in [3.63, 3.8) is 0 Å². The van der Waals surface area contributed by atoms with E-state index in [1.807, 2.05) is 4.90 Å². The molecule has 3 rings (SSSR count). The molecular weight excluding hydrogens is 218 g/mol. The summed E-state index contributed by atoms with van der Waals surface area (Å²) in [4.78, 5) is 25.3. The quantitative estimate of drug-likeness (QED) is 0.636. The molecule has 3 atom stereocenters. The van der Waals surface area contributed by atoms with Crippen LogP contribution in [0.4, 0.5) is 0 Å². The van der Waals surface area contributed by atoms with Crippen LogP contribution >= 0.6 is 0 Å². The third-order valence-corrected chi connectivity index (χ3v) is 4.24. The van der Waals surface area contributed by atoms with Crippen molar-refractivity contribution >= 4 is 11.8 Å². The van der Waals surface area contributed by atoms with Crippen LogP contribution in [0.25, 0.3) is 0 Å². The first kappa shape index (κ1) is 11.0. The van der Waals surface area contributed by atoms with Gasteiger partial charge in [-0.1, -0.05) is 0 Å². The minimum atomic E-state index is -0.123. The molecule has 0 radical (unpaired) electrons. The van der Waals surface area contributed by atoms with Crippen molar-refractivity contribution in [3.8, 4) is 0 Å². The Bertz CT molecular complexity index is 331. The van der Waals surface area contributed by atoms with Crippen molar-refractivity contribution < 1.29 is 9.59 Å². The van der Waals surface area contributed by atoms with Gasteiger partial charge >= 0.3 is 0 Å². The average molecular weight is 237 g/mol. The van der Waals surface area contributed by atoms with Crippen LogP contribution in [0.15, 0.2) is 0 Å². The van der Waals surface area contributed by atoms with Gasteiger partial charge in [-0.25, -0.2) is 0 Å². The highest BCUT2D eigenvalue weighted by Gasteiger charge is 2.39. The number of amides is 2. The maximum absolute atomic E-state index is 12.2. The van der Waals surface area contributed by atoms with Crippen LogP contribution in [0.1, 0.15) is 19.3 Å². The van der Waals surface area contributed by atoms with E-state index < -0.39 is 0 Å². The Labute approximate surface area is 101 Å². The van der Waals surface area contributed by atoms with E-state index in [2.05, 4.69) is 10.6 Å². The molecule has 1 unspecified atom stereocenters. The zero-order chi connectivity index (χ0) is 11.8. The van der Waals surface area contributed by atoms with Crippen LogP contribution in [0.2, 0.25) is 0 Å². The van der Waals surface area contributed by atoms with Crippen molar-refractivity contribution in [1.82, 2.24) is 15.5 Å². The Morgan fingerprint density at radius 2 is 2.24 bits per heavy atom. The monoisotopic (exact) mass is 237 g/mol. The standard InChI is InChI=1S/C12H19N3O2/c16-11-4-9(5-14-11)12(17)15-6-8-2-1-3-13-10(8)7-15/h8-10,13H,1-7H2,(H,14,16)/t8-,9?,10+/m0/s1. The first-order chi connectivity index (χ1) is 8.24. The number of rotatable bonds is 1. The molecule has 5 heteroatoms. The number of hydrogen-bond acceptors (Lipinski definition) is 3. The van der Waals surface area contributed by atoms with Gasteiger partial charge in [-0.3, -0.25) is 9.59 Å². The molecule has 5 nitrogen and oxygen atoms in total. The maximum atomic E-state index is 12.2. The predicted octanol–water partition coefficient (Wildman–Crippen LogP) is -0.667. The van der Waals surface area contributed by atoms with Crippen LogP contribution in [-0.2, 0) is 9.59 Å². The van der Waals surface area contributed by atoms with Crippen molar-refractivity contribution in [2.45, 2.75) is 25.3 Å². The van der Waals surface area contributed by atoms with Gasteiger partial charge in [0.05, 0.1) is 5.92 Å². The molecule has 0 spiro atoms. The number of carbonyl (C=O) groups is 2. The van der Waals surface area contributed by atoms with Gasteiger partial charge in [0.1, 0.15) is 0 Å². The topological polar surface area (TPSA) is 61.4 Å². The van der Waals surface area contributed by atoms with Gasteiger partial charge in [0, 0.05) is 32.1 Å². The summed E-state index contributed by atoms with van der Waals surface area (Å²) < 4.78 is 0. The van der Waals surface area contributed by atoms with E-state index in [1.165, 1.54) is 12.8 Å². The summed E-state index contributed by atoms with van der Waals surface area (Å²) in [5.74, 6) is 0.679. The van der Waals surface area contributed by atoms with E-state index in [0.717, 1.165) is 19.6 Å². The number of nitrogens with one attached hydrogen (secondary N) is 2. The van der Waals surface area contributed by atoms with Crippen molar-refractivity contribution in [2.24, 2.45) is 11.8 Å². The molecular formula is C12H19N3O2. The summed E-state index contributed by atoms with van der Waals surface area (Å²) in [6.07, 6.45) is 2.81. The first-order valence-corrected chi connectivity index (χ1v) is 6.53. The summed E-state index contributed by atoms with van der Waals surface area (Å²) in [6, 6.07) is 0.484. The summed E-state index contributed by atoms with van der Waals surface area (Å²) in [5, 5.41) is 6.22. The molecule has 0 aromatic heterocycles. The Morgan fingerprint density at radius 1 is 1.35 bits per heavy atom. The van der Waals surface area contributed by atoms with E-state index in [9.17, 15) is 9.59 Å². The largest absolute Gasteiger partial charge is 0.355 e. The number of fused-ring (bicyclic) bond motifs is 1. The van der Waals surface area contributed by atoms with Gasteiger partial charge in [-0.05, 0) is 25.3 Å². The molecule has 0 saturated carbocycles. The van der Waals surface area contributed by atoms with Crippen LogP contribution in [-0.4, -0.2) is 48.9 Å². The van der Waals surface area contributed by atoms with Crippen LogP contribution in [0.3, 0.4) is 0 Å². The molecule has 0 aliphatic carbocycles. The summed E-state index contributed by atoms with van der Waals surface area (Å²) in [6.45, 7) is 3.30. The molecule has 3 heterocycles. The molecule has 2 amide bonds. The summed E-state index contributed by atoms with van der Waals surface area (Å²) in [5.41, 5.74) is 0. The highest BCUT2D eigenvalue weighted by molar-refractivity contribution is 5.89. The van der Waals surface area contributed by atoms with Gasteiger partial charge in [0.15, 0.2) is 0 Å². The van der Waals surface area contributed by atoms with Gasteiger partial charge in [0.2, 0.25) is 11.8 Å². The summed E-state index contributed by atoms with van der Waals surface area (Å²) in [7, 11) is 0. The smallest absolute Gasteiger partial charge is 0.228 e. The lowest BCUT2D eigenvalue weighted by Crippen LogP contribution is -2.41. The minimum Gasteiger partial charge on any atom is -0.355 e. The molecule has 17 heavy (non-hydrogen) atoms. The van der Waals surface area contributed by atoms with Gasteiger partial charge in [-0.15, -0.1) is 0 Å². The molecule has 3 aliphatic heterocycles. The van der Waals surface area contributed by atoms with Crippen LogP contribution < -0.4 is 10.6 Å². The van der Waals surface area contributed by atoms with Crippen LogP contribution in [0.5, 0.6) is 0 Å². The first-order valence-electron chi connectivity index (χ1n) is 6.53. The van der Waals surface area contributed by atoms with E-state index in [0.29, 0.717) is 24.9 Å². The Kier molecular flexibility index (Phi) is 2.78. The molecule has 3 fully saturated rings. The lowest BCUT2D eigenvalue weighted by molar-refractivity contribution is -0.135. The molecule has 0 aromatic carbocycles. The SMILES string of the molecule is O=C1CC(C(=O)N2C[C@@H]3CCCN[C@@H]3C2)CN1. The summed E-state index contributed by atoms with van der Waals surface area (Å²) >= 11 is 0. The molecule has 3 saturated heterocycles. The van der Waals surface area contributed by atoms with E-state index >= 15 is 0 Å². The highest BCUT2D eigenvalue weighted by atomic mass is 16.2. The second kappa shape index (κ2) is 4.29. The fourth-order valence-corrected chi connectivity index (χ4v) is 3.26. The van der Waals surface area contributed by atoms with Crippen LogP contribution in [0, 0.1) is 11.8 Å². The number of likely N-dealkylation sites (tertiary alicyclic amines) is 1. The Balaban J connectivity index is 1.62. The van der Waals surface area contributed by atoms with Gasteiger partial charge in [0.25, 0.3) is 0 Å². The normalized spacial score (nSPS) is 36.8. The highest BCUT2D eigenvalue weighted by Crippen LogP contribution is 2.26. The maximum Gasteiger partial charge on any atom is 0.228 e. The van der Waals surface area contributed by atoms with Crippen molar-refractivity contribution in [1.29, 1.82) is 0 Å². The average Bonchev–Trinajstić information content (AvgIpc) is 2.93. The third kappa shape index (κ3) is 2.04. The van der Waals surface area contributed by atoms with Crippen molar-refractivity contribution in [3.05, 3.63) is 0 Å². The molecule has 2 N–H and O–H groups in total. The Morgan fingerprint density at radius 3 is 2.94 bits per heavy atom. The van der Waals surface area contributed by atoms with Crippen molar-refractivity contribution in [2.75, 3.05) is 26.2 Å². The lowest BCUT2D eigenvalue weighted by Gasteiger charge is -2.24. The molecule has 0 aromatic rings. The third-order valence-electron chi connectivity index (χ3n) is 4.24. The number of carbonyl (C=O) groups excluding carboxylic acids is 2. The number of nitrogens with zero attached hydrogens (tertiary/aromatic N) is 1. The number of hydrogen-bond donors (Lipinski definition) is 2. The van der Waals surface area contributed by atoms with E-state index in [4.69, 9.17) is 0 Å². The molecule has 0 bridgehead atoms. The van der Waals surface area contributed by atoms with Gasteiger partial charge in [-0.2, -0.15) is 0 Å². The fourth-order valence-electron chi connectivity index (χ4n) is 3.26. The second-order valence-electron chi connectivity index (χ2n) is 5.41. The van der Waals surface area contributed by atoms with Gasteiger partial charge < -0.3 is 15.5 Å². The zero-order valence-electron chi connectivity index (χ0n) is 9.95. The number of piperidine rings is 1. The second-order valence-corrected chi connectivity index (χ2v) is 5.41. The van der Waals surface area contributed by atoms with E-state index in [1.54, 1.807) is 0 Å². The fraction of sp³-hybridized carbons (Fsp3) is 0.833. The minimum absolute atomic E-state index is 0.0121. The predicted molar refractivity (Wildman–Crippen MR) is 62.2 cm³/mol. The molecule has 3 aliphatic rings.